The van der Waals surface area contributed by atoms with Gasteiger partial charge >= 0.3 is 0 Å². The number of ether oxygens (including phenoxy) is 3. The molecule has 92 valence electrons. The predicted octanol–water partition coefficient (Wildman–Crippen LogP) is 0.945. The molecule has 0 unspecified atom stereocenters. The van der Waals surface area contributed by atoms with E-state index in [1.807, 2.05) is 13.1 Å². The van der Waals surface area contributed by atoms with Crippen LogP contribution in [0.2, 0.25) is 0 Å². The number of benzene rings is 1. The van der Waals surface area contributed by atoms with Crippen LogP contribution in [0, 0.1) is 0 Å². The van der Waals surface area contributed by atoms with Crippen molar-refractivity contribution >= 4 is 0 Å². The van der Waals surface area contributed by atoms with Gasteiger partial charge in [-0.3, -0.25) is 0 Å². The highest BCUT2D eigenvalue weighted by molar-refractivity contribution is 5.46. The van der Waals surface area contributed by atoms with Gasteiger partial charge in [0.15, 0.2) is 11.5 Å². The van der Waals surface area contributed by atoms with Crippen LogP contribution in [0.4, 0.5) is 0 Å². The van der Waals surface area contributed by atoms with Crippen LogP contribution in [0.25, 0.3) is 0 Å². The van der Waals surface area contributed by atoms with Crippen molar-refractivity contribution in [3.63, 3.8) is 0 Å². The molecule has 2 aliphatic heterocycles. The number of hydrogen-bond donors (Lipinski definition) is 1. The predicted molar refractivity (Wildman–Crippen MR) is 63.9 cm³/mol. The molecule has 0 amide bonds. The van der Waals surface area contributed by atoms with Crippen LogP contribution in [0.3, 0.4) is 0 Å². The van der Waals surface area contributed by atoms with Crippen LogP contribution in [-0.2, 0) is 10.2 Å². The maximum absolute atomic E-state index is 5.62. The highest BCUT2D eigenvalue weighted by Crippen LogP contribution is 2.38. The van der Waals surface area contributed by atoms with Gasteiger partial charge in [0.05, 0.1) is 18.6 Å². The Morgan fingerprint density at radius 1 is 1.18 bits per heavy atom. The molecule has 0 saturated carbocycles. The number of hydrogen-bond acceptors (Lipinski definition) is 4. The molecule has 1 saturated heterocycles. The molecule has 1 aromatic carbocycles. The summed E-state index contributed by atoms with van der Waals surface area (Å²) in [7, 11) is 1.97. The topological polar surface area (TPSA) is 39.7 Å². The van der Waals surface area contributed by atoms with Crippen molar-refractivity contribution in [1.82, 2.24) is 5.32 Å². The van der Waals surface area contributed by atoms with E-state index in [-0.39, 0.29) is 5.41 Å². The molecule has 17 heavy (non-hydrogen) atoms. The summed E-state index contributed by atoms with van der Waals surface area (Å²) in [6.45, 7) is 3.73. The minimum atomic E-state index is 0.102. The fourth-order valence-corrected chi connectivity index (χ4v) is 2.43. The van der Waals surface area contributed by atoms with Crippen LogP contribution >= 0.6 is 0 Å². The van der Waals surface area contributed by atoms with Gasteiger partial charge in [0, 0.05) is 6.54 Å². The molecule has 2 aliphatic rings. The third-order valence-corrected chi connectivity index (χ3v) is 3.43. The SMILES string of the molecule is CNCC1(c2ccc3c(c2)OCCO3)COC1. The third kappa shape index (κ3) is 1.77. The molecule has 0 spiro atoms. The van der Waals surface area contributed by atoms with E-state index in [2.05, 4.69) is 17.4 Å². The van der Waals surface area contributed by atoms with Crippen LogP contribution in [-0.4, -0.2) is 40.0 Å². The smallest absolute Gasteiger partial charge is 0.161 e. The Kier molecular flexibility index (Phi) is 2.68. The number of likely N-dealkylation sites (N-methyl/N-ethyl adjacent to an activating group) is 1. The van der Waals surface area contributed by atoms with Crippen LogP contribution in [0.1, 0.15) is 5.56 Å². The van der Waals surface area contributed by atoms with Gasteiger partial charge < -0.3 is 19.5 Å². The zero-order valence-corrected chi connectivity index (χ0v) is 9.99. The Bertz CT molecular complexity index is 415. The Labute approximate surface area is 101 Å². The normalized spacial score (nSPS) is 20.8. The first-order valence-electron chi connectivity index (χ1n) is 5.97. The maximum atomic E-state index is 5.62. The highest BCUT2D eigenvalue weighted by Gasteiger charge is 2.40. The average Bonchev–Trinajstić information content (AvgIpc) is 2.33. The maximum Gasteiger partial charge on any atom is 0.161 e. The second-order valence-corrected chi connectivity index (χ2v) is 4.66. The fraction of sp³-hybridized carbons (Fsp3) is 0.538. The largest absolute Gasteiger partial charge is 0.486 e. The molecule has 0 bridgehead atoms. The molecule has 2 heterocycles. The van der Waals surface area contributed by atoms with Crippen molar-refractivity contribution in [3.05, 3.63) is 23.8 Å². The Balaban J connectivity index is 1.92. The first-order valence-corrected chi connectivity index (χ1v) is 5.97. The monoisotopic (exact) mass is 235 g/mol. The van der Waals surface area contributed by atoms with Gasteiger partial charge in [0.25, 0.3) is 0 Å². The first kappa shape index (κ1) is 10.9. The summed E-state index contributed by atoms with van der Waals surface area (Å²) in [5.74, 6) is 1.70. The lowest BCUT2D eigenvalue weighted by Crippen LogP contribution is -2.52. The Morgan fingerprint density at radius 3 is 2.59 bits per heavy atom. The molecule has 4 nitrogen and oxygen atoms in total. The summed E-state index contributed by atoms with van der Waals surface area (Å²) in [6.07, 6.45) is 0. The summed E-state index contributed by atoms with van der Waals surface area (Å²) in [4.78, 5) is 0. The minimum Gasteiger partial charge on any atom is -0.486 e. The van der Waals surface area contributed by atoms with E-state index in [1.165, 1.54) is 5.56 Å². The summed E-state index contributed by atoms with van der Waals surface area (Å²) < 4.78 is 16.5. The summed E-state index contributed by atoms with van der Waals surface area (Å²) in [5.41, 5.74) is 1.37. The second-order valence-electron chi connectivity index (χ2n) is 4.66. The van der Waals surface area contributed by atoms with Crippen molar-refractivity contribution in [2.24, 2.45) is 0 Å². The first-order chi connectivity index (χ1) is 8.34. The number of rotatable bonds is 3. The van der Waals surface area contributed by atoms with Crippen molar-refractivity contribution in [1.29, 1.82) is 0 Å². The van der Waals surface area contributed by atoms with Crippen molar-refractivity contribution in [3.8, 4) is 11.5 Å². The average molecular weight is 235 g/mol. The van der Waals surface area contributed by atoms with Crippen LogP contribution in [0.5, 0.6) is 11.5 Å². The molecule has 0 aliphatic carbocycles. The molecular formula is C13H17NO3. The van der Waals surface area contributed by atoms with Gasteiger partial charge in [-0.05, 0) is 24.7 Å². The lowest BCUT2D eigenvalue weighted by molar-refractivity contribution is -0.0584. The molecule has 0 radical (unpaired) electrons. The van der Waals surface area contributed by atoms with Gasteiger partial charge in [-0.25, -0.2) is 0 Å². The van der Waals surface area contributed by atoms with Crippen molar-refractivity contribution < 1.29 is 14.2 Å². The van der Waals surface area contributed by atoms with Gasteiger partial charge in [-0.1, -0.05) is 6.07 Å². The standard InChI is InChI=1S/C13H17NO3/c1-14-7-13(8-15-9-13)10-2-3-11-12(6-10)17-5-4-16-11/h2-3,6,14H,4-5,7-9H2,1H3. The molecule has 4 heteroatoms. The Hall–Kier alpha value is -1.26. The van der Waals surface area contributed by atoms with Gasteiger partial charge in [-0.15, -0.1) is 0 Å². The van der Waals surface area contributed by atoms with E-state index in [1.54, 1.807) is 0 Å². The summed E-state index contributed by atoms with van der Waals surface area (Å²) in [5, 5.41) is 3.24. The molecule has 1 aromatic rings. The van der Waals surface area contributed by atoms with E-state index < -0.39 is 0 Å². The quantitative estimate of drug-likeness (QED) is 0.846. The molecule has 0 aromatic heterocycles. The van der Waals surface area contributed by atoms with E-state index >= 15 is 0 Å². The van der Waals surface area contributed by atoms with E-state index in [9.17, 15) is 0 Å². The zero-order chi connectivity index (χ0) is 11.7. The molecular weight excluding hydrogens is 218 g/mol. The number of nitrogens with one attached hydrogen (secondary N) is 1. The molecule has 3 rings (SSSR count). The van der Waals surface area contributed by atoms with Gasteiger partial charge in [0.2, 0.25) is 0 Å². The minimum absolute atomic E-state index is 0.102. The van der Waals surface area contributed by atoms with Crippen molar-refractivity contribution in [2.75, 3.05) is 40.0 Å². The lowest BCUT2D eigenvalue weighted by atomic mass is 9.78. The third-order valence-electron chi connectivity index (χ3n) is 3.43. The van der Waals surface area contributed by atoms with Crippen molar-refractivity contribution in [2.45, 2.75) is 5.41 Å². The van der Waals surface area contributed by atoms with E-state index in [4.69, 9.17) is 14.2 Å². The fourth-order valence-electron chi connectivity index (χ4n) is 2.43. The van der Waals surface area contributed by atoms with Gasteiger partial charge in [0.1, 0.15) is 13.2 Å². The molecule has 1 N–H and O–H groups in total. The lowest BCUT2D eigenvalue weighted by Gasteiger charge is -2.42. The van der Waals surface area contributed by atoms with E-state index in [0.717, 1.165) is 31.3 Å². The molecule has 1 fully saturated rings. The van der Waals surface area contributed by atoms with E-state index in [0.29, 0.717) is 13.2 Å². The molecule has 0 atom stereocenters. The summed E-state index contributed by atoms with van der Waals surface area (Å²) >= 11 is 0. The Morgan fingerprint density at radius 2 is 1.94 bits per heavy atom. The van der Waals surface area contributed by atoms with Crippen LogP contribution in [0.15, 0.2) is 18.2 Å². The second kappa shape index (κ2) is 4.20. The summed E-state index contributed by atoms with van der Waals surface area (Å²) in [6, 6.07) is 6.21. The zero-order valence-electron chi connectivity index (χ0n) is 9.99. The highest BCUT2D eigenvalue weighted by atomic mass is 16.6. The van der Waals surface area contributed by atoms with Crippen LogP contribution < -0.4 is 14.8 Å². The number of fused-ring (bicyclic) bond motifs is 1. The van der Waals surface area contributed by atoms with Gasteiger partial charge in [-0.2, -0.15) is 0 Å².